The SMILES string of the molecule is Cc1cnc(Cl)cc1-c1n[nH]c(C(F)(F)F)c1C(=O)Nc1cnc(-n2nccn2)c(Cl)c1. The molecule has 4 aromatic heterocycles. The number of nitrogens with zero attached hydrogens (tertiary/aromatic N) is 6. The minimum absolute atomic E-state index is 0.0346. The third kappa shape index (κ3) is 4.14. The Morgan fingerprint density at radius 3 is 2.50 bits per heavy atom. The van der Waals surface area contributed by atoms with E-state index in [1.807, 2.05) is 5.10 Å². The van der Waals surface area contributed by atoms with Crippen molar-refractivity contribution in [3.05, 3.63) is 63.9 Å². The highest BCUT2D eigenvalue weighted by Crippen LogP contribution is 2.37. The molecule has 0 unspecified atom stereocenters. The Balaban J connectivity index is 1.74. The van der Waals surface area contributed by atoms with Crippen LogP contribution in [0.15, 0.2) is 36.9 Å². The molecule has 14 heteroatoms. The van der Waals surface area contributed by atoms with Crippen LogP contribution in [-0.4, -0.2) is 41.1 Å². The van der Waals surface area contributed by atoms with Gasteiger partial charge in [0.25, 0.3) is 5.91 Å². The van der Waals surface area contributed by atoms with E-state index >= 15 is 0 Å². The fraction of sp³-hybridized carbons (Fsp3) is 0.111. The van der Waals surface area contributed by atoms with Crippen LogP contribution in [0.3, 0.4) is 0 Å². The van der Waals surface area contributed by atoms with Gasteiger partial charge in [-0.05, 0) is 24.6 Å². The van der Waals surface area contributed by atoms with E-state index in [1.54, 1.807) is 6.92 Å². The number of hydrogen-bond donors (Lipinski definition) is 2. The summed E-state index contributed by atoms with van der Waals surface area (Å²) >= 11 is 12.1. The van der Waals surface area contributed by atoms with E-state index < -0.39 is 23.3 Å². The number of pyridine rings is 2. The molecule has 9 nitrogen and oxygen atoms in total. The zero-order valence-corrected chi connectivity index (χ0v) is 17.5. The van der Waals surface area contributed by atoms with Crippen LogP contribution in [0.2, 0.25) is 10.2 Å². The summed E-state index contributed by atoms with van der Waals surface area (Å²) in [5.41, 5.74) is -1.50. The van der Waals surface area contributed by atoms with Gasteiger partial charge in [-0.15, -0.1) is 4.80 Å². The van der Waals surface area contributed by atoms with Gasteiger partial charge in [0.1, 0.15) is 10.8 Å². The van der Waals surface area contributed by atoms with Crippen molar-refractivity contribution >= 4 is 34.8 Å². The summed E-state index contributed by atoms with van der Waals surface area (Å²) in [6.45, 7) is 1.61. The molecule has 0 atom stereocenters. The number of aromatic amines is 1. The molecular formula is C18H11Cl2F3N8O. The summed E-state index contributed by atoms with van der Waals surface area (Å²) in [6, 6.07) is 2.64. The lowest BCUT2D eigenvalue weighted by Gasteiger charge is -2.11. The van der Waals surface area contributed by atoms with Crippen LogP contribution in [0.4, 0.5) is 18.9 Å². The lowest BCUT2D eigenvalue weighted by atomic mass is 10.0. The van der Waals surface area contributed by atoms with Crippen molar-refractivity contribution in [1.82, 2.24) is 35.2 Å². The molecule has 0 aliphatic carbocycles. The highest BCUT2D eigenvalue weighted by molar-refractivity contribution is 6.32. The third-order valence-corrected chi connectivity index (χ3v) is 4.77. The first-order valence-corrected chi connectivity index (χ1v) is 9.52. The summed E-state index contributed by atoms with van der Waals surface area (Å²) in [5, 5.41) is 15.9. The van der Waals surface area contributed by atoms with Gasteiger partial charge in [-0.1, -0.05) is 23.2 Å². The van der Waals surface area contributed by atoms with Crippen LogP contribution in [0.5, 0.6) is 0 Å². The molecule has 4 rings (SSSR count). The average molecular weight is 483 g/mol. The monoisotopic (exact) mass is 482 g/mol. The van der Waals surface area contributed by atoms with E-state index in [4.69, 9.17) is 23.2 Å². The quantitative estimate of drug-likeness (QED) is 0.418. The second-order valence-electron chi connectivity index (χ2n) is 6.44. The van der Waals surface area contributed by atoms with Gasteiger partial charge >= 0.3 is 6.18 Å². The summed E-state index contributed by atoms with van der Waals surface area (Å²) < 4.78 is 40.8. The van der Waals surface area contributed by atoms with Crippen molar-refractivity contribution in [2.75, 3.05) is 5.32 Å². The highest BCUT2D eigenvalue weighted by atomic mass is 35.5. The van der Waals surface area contributed by atoms with Crippen molar-refractivity contribution in [1.29, 1.82) is 0 Å². The van der Waals surface area contributed by atoms with E-state index in [0.29, 0.717) is 5.56 Å². The molecule has 32 heavy (non-hydrogen) atoms. The first-order valence-electron chi connectivity index (χ1n) is 8.77. The van der Waals surface area contributed by atoms with Crippen molar-refractivity contribution in [2.45, 2.75) is 13.1 Å². The Labute approximate surface area is 187 Å². The van der Waals surface area contributed by atoms with E-state index in [9.17, 15) is 18.0 Å². The summed E-state index contributed by atoms with van der Waals surface area (Å²) in [7, 11) is 0. The predicted octanol–water partition coefficient (Wildman–Crippen LogP) is 4.33. The smallest absolute Gasteiger partial charge is 0.320 e. The van der Waals surface area contributed by atoms with Crippen molar-refractivity contribution < 1.29 is 18.0 Å². The molecule has 4 aromatic rings. The molecular weight excluding hydrogens is 472 g/mol. The zero-order chi connectivity index (χ0) is 23.0. The second kappa shape index (κ2) is 8.20. The van der Waals surface area contributed by atoms with Gasteiger partial charge in [0, 0.05) is 11.8 Å². The number of aryl methyl sites for hydroxylation is 1. The molecule has 0 bridgehead atoms. The summed E-state index contributed by atoms with van der Waals surface area (Å²) in [4.78, 5) is 22.0. The lowest BCUT2D eigenvalue weighted by Crippen LogP contribution is -2.19. The largest absolute Gasteiger partial charge is 0.433 e. The number of hydrogen-bond acceptors (Lipinski definition) is 6. The molecule has 1 amide bonds. The van der Waals surface area contributed by atoms with Crippen LogP contribution >= 0.6 is 23.2 Å². The number of amides is 1. The number of alkyl halides is 3. The molecule has 0 aliphatic rings. The van der Waals surface area contributed by atoms with Gasteiger partial charge in [-0.25, -0.2) is 9.97 Å². The molecule has 0 fully saturated rings. The molecule has 4 heterocycles. The van der Waals surface area contributed by atoms with Crippen LogP contribution in [-0.2, 0) is 6.18 Å². The van der Waals surface area contributed by atoms with Crippen molar-refractivity contribution in [3.63, 3.8) is 0 Å². The van der Waals surface area contributed by atoms with Gasteiger partial charge in [0.05, 0.1) is 34.9 Å². The molecule has 164 valence electrons. The average Bonchev–Trinajstić information content (AvgIpc) is 3.39. The Kier molecular flexibility index (Phi) is 5.57. The fourth-order valence-electron chi connectivity index (χ4n) is 2.88. The second-order valence-corrected chi connectivity index (χ2v) is 7.24. The van der Waals surface area contributed by atoms with Gasteiger partial charge in [-0.3, -0.25) is 9.89 Å². The van der Waals surface area contributed by atoms with Gasteiger partial charge in [0.15, 0.2) is 11.5 Å². The molecule has 0 spiro atoms. The minimum atomic E-state index is -4.87. The maximum Gasteiger partial charge on any atom is 0.433 e. The van der Waals surface area contributed by atoms with Crippen LogP contribution in [0, 0.1) is 6.92 Å². The molecule has 0 radical (unpaired) electrons. The fourth-order valence-corrected chi connectivity index (χ4v) is 3.28. The van der Waals surface area contributed by atoms with E-state index in [2.05, 4.69) is 30.6 Å². The van der Waals surface area contributed by atoms with Crippen molar-refractivity contribution in [3.8, 4) is 17.1 Å². The number of anilines is 1. The molecule has 0 aliphatic heterocycles. The number of rotatable bonds is 4. The Bertz CT molecular complexity index is 1300. The lowest BCUT2D eigenvalue weighted by molar-refractivity contribution is -0.141. The Hall–Kier alpha value is -3.51. The molecule has 0 saturated heterocycles. The third-order valence-electron chi connectivity index (χ3n) is 4.29. The number of aromatic nitrogens is 7. The first kappa shape index (κ1) is 21.7. The number of nitrogens with one attached hydrogen (secondary N) is 2. The van der Waals surface area contributed by atoms with Gasteiger partial charge < -0.3 is 5.32 Å². The van der Waals surface area contributed by atoms with Crippen LogP contribution in [0.25, 0.3) is 17.1 Å². The van der Waals surface area contributed by atoms with E-state index in [0.717, 1.165) is 4.80 Å². The normalized spacial score (nSPS) is 11.6. The predicted molar refractivity (Wildman–Crippen MR) is 109 cm³/mol. The number of H-pyrrole nitrogens is 1. The zero-order valence-electron chi connectivity index (χ0n) is 15.9. The van der Waals surface area contributed by atoms with E-state index in [-0.39, 0.29) is 32.9 Å². The molecule has 0 saturated carbocycles. The maximum atomic E-state index is 13.6. The molecule has 0 aromatic carbocycles. The van der Waals surface area contributed by atoms with Gasteiger partial charge in [0.2, 0.25) is 0 Å². The van der Waals surface area contributed by atoms with Crippen molar-refractivity contribution in [2.24, 2.45) is 0 Å². The molecule has 2 N–H and O–H groups in total. The number of halogens is 5. The Morgan fingerprint density at radius 1 is 1.12 bits per heavy atom. The summed E-state index contributed by atoms with van der Waals surface area (Å²) in [5.74, 6) is -0.895. The maximum absolute atomic E-state index is 13.6. The minimum Gasteiger partial charge on any atom is -0.320 e. The first-order chi connectivity index (χ1) is 15.1. The van der Waals surface area contributed by atoms with Crippen LogP contribution in [0.1, 0.15) is 21.6 Å². The number of carbonyl (C=O) groups excluding carboxylic acids is 1. The van der Waals surface area contributed by atoms with E-state index in [1.165, 1.54) is 36.9 Å². The topological polar surface area (TPSA) is 114 Å². The standard InChI is InChI=1S/C18H11Cl2F3N8O/c1-8-6-24-12(20)5-10(8)14-13(15(30-29-14)18(21,22)23)17(32)28-9-4-11(19)16(25-7-9)31-26-2-3-27-31/h2-7H,1H3,(H,28,32)(H,29,30). The van der Waals surface area contributed by atoms with Crippen LogP contribution < -0.4 is 5.32 Å². The summed E-state index contributed by atoms with van der Waals surface area (Å²) in [6.07, 6.45) is 0.547. The number of carbonyl (C=O) groups is 1. The van der Waals surface area contributed by atoms with Gasteiger partial charge in [-0.2, -0.15) is 28.5 Å². The highest BCUT2D eigenvalue weighted by Gasteiger charge is 2.40. The Morgan fingerprint density at radius 2 is 1.84 bits per heavy atom.